The molecule has 0 aliphatic carbocycles. The van der Waals surface area contributed by atoms with Crippen molar-refractivity contribution >= 4 is 44.5 Å². The molecule has 17 heteroatoms. The maximum atomic E-state index is 11.2. The molecule has 2 unspecified atom stereocenters. The Balaban J connectivity index is 0.000000865. The normalized spacial score (nSPS) is 12.7. The van der Waals surface area contributed by atoms with Crippen LogP contribution in [0.25, 0.3) is 0 Å². The first-order valence-electron chi connectivity index (χ1n) is 17.1. The second kappa shape index (κ2) is 20.3. The van der Waals surface area contributed by atoms with E-state index in [1.54, 1.807) is 21.9 Å². The van der Waals surface area contributed by atoms with E-state index in [0.29, 0.717) is 23.5 Å². The Morgan fingerprint density at radius 3 is 1.12 bits per heavy atom. The molecule has 2 aromatic rings. The van der Waals surface area contributed by atoms with Gasteiger partial charge in [-0.25, -0.2) is 0 Å². The number of aryl methyl sites for hydroxylation is 2. The van der Waals surface area contributed by atoms with Gasteiger partial charge in [0.2, 0.25) is 0 Å². The zero-order valence-electron chi connectivity index (χ0n) is 33.1. The summed E-state index contributed by atoms with van der Waals surface area (Å²) < 4.78 is 36.1. The minimum Gasteiger partial charge on any atom is -0.759 e. The lowest BCUT2D eigenvalue weighted by Gasteiger charge is -2.38. The maximum Gasteiger partial charge on any atom is 0.292 e. The van der Waals surface area contributed by atoms with E-state index in [9.17, 15) is 20.2 Å². The molecule has 0 radical (unpaired) electrons. The lowest BCUT2D eigenvalue weighted by atomic mass is 10.1. The zero-order valence-corrected chi connectivity index (χ0v) is 33.9. The van der Waals surface area contributed by atoms with Crippen LogP contribution >= 0.6 is 0 Å². The molecule has 0 bridgehead atoms. The number of nitro groups is 2. The molecule has 51 heavy (non-hydrogen) atoms. The van der Waals surface area contributed by atoms with Gasteiger partial charge in [-0.2, -0.15) is 0 Å². The minimum absolute atomic E-state index is 0.147. The highest BCUT2D eigenvalue weighted by molar-refractivity contribution is 7.79. The number of hydrogen-bond acceptors (Lipinski definition) is 12. The van der Waals surface area contributed by atoms with Gasteiger partial charge < -0.3 is 38.5 Å². The average Bonchev–Trinajstić information content (AvgIpc) is 3.04. The van der Waals surface area contributed by atoms with Crippen LogP contribution in [0.15, 0.2) is 24.3 Å². The first-order chi connectivity index (χ1) is 23.3. The van der Waals surface area contributed by atoms with Gasteiger partial charge in [0.1, 0.15) is 23.5 Å². The first-order valence-corrected chi connectivity index (χ1v) is 18.4. The zero-order chi connectivity index (χ0) is 40.1. The van der Waals surface area contributed by atoms with Crippen molar-refractivity contribution in [1.29, 1.82) is 0 Å². The summed E-state index contributed by atoms with van der Waals surface area (Å²) >= 11 is 0. The lowest BCUT2D eigenvalue weighted by molar-refractivity contribution is -0.926. The number of nitro benzene ring substituents is 2. The van der Waals surface area contributed by atoms with Crippen LogP contribution in [0.4, 0.5) is 34.1 Å². The average molecular weight is 743 g/mol. The third-order valence-electron chi connectivity index (χ3n) is 10.2. The third kappa shape index (κ3) is 14.8. The van der Waals surface area contributed by atoms with Gasteiger partial charge >= 0.3 is 0 Å². The van der Waals surface area contributed by atoms with Gasteiger partial charge in [-0.1, -0.05) is 0 Å². The van der Waals surface area contributed by atoms with Crippen molar-refractivity contribution in [3.8, 4) is 0 Å². The number of quaternary nitrogens is 2. The quantitative estimate of drug-likeness (QED) is 0.0753. The summed E-state index contributed by atoms with van der Waals surface area (Å²) in [7, 11) is 6.66. The molecule has 0 aliphatic heterocycles. The van der Waals surface area contributed by atoms with Crippen LogP contribution in [-0.2, 0) is 10.4 Å². The predicted molar refractivity (Wildman–Crippen MR) is 205 cm³/mol. The Morgan fingerprint density at radius 2 is 0.922 bits per heavy atom. The van der Waals surface area contributed by atoms with Gasteiger partial charge in [0.05, 0.1) is 63.2 Å². The molecule has 0 spiro atoms. The number of rotatable bonds is 16. The number of hydrogen-bond donors (Lipinski definition) is 2. The summed E-state index contributed by atoms with van der Waals surface area (Å²) in [6, 6.07) is 7.97. The molecule has 0 aromatic heterocycles. The Labute approximate surface area is 305 Å². The molecule has 2 rings (SSSR count). The monoisotopic (exact) mass is 742 g/mol. The minimum atomic E-state index is -5.17. The summed E-state index contributed by atoms with van der Waals surface area (Å²) in [4.78, 5) is 25.4. The molecule has 292 valence electrons. The highest BCUT2D eigenvalue weighted by atomic mass is 32.3. The van der Waals surface area contributed by atoms with Gasteiger partial charge in [-0.15, -0.1) is 0 Å². The van der Waals surface area contributed by atoms with Crippen LogP contribution < -0.4 is 20.4 Å². The molecule has 0 saturated heterocycles. The molecule has 0 amide bonds. The lowest BCUT2D eigenvalue weighted by Crippen LogP contribution is -2.53. The fraction of sp³-hybridized carbons (Fsp3) is 0.647. The van der Waals surface area contributed by atoms with Crippen LogP contribution in [-0.4, -0.2) is 130 Å². The highest BCUT2D eigenvalue weighted by Gasteiger charge is 2.27. The van der Waals surface area contributed by atoms with Crippen LogP contribution in [0.5, 0.6) is 0 Å². The molecule has 2 aromatic carbocycles. The van der Waals surface area contributed by atoms with E-state index in [0.717, 1.165) is 70.7 Å². The molecule has 0 fully saturated rings. The third-order valence-corrected chi connectivity index (χ3v) is 10.2. The predicted octanol–water partition coefficient (Wildman–Crippen LogP) is 5.17. The van der Waals surface area contributed by atoms with E-state index < -0.39 is 10.4 Å². The topological polar surface area (TPSA) is 197 Å². The number of anilines is 4. The van der Waals surface area contributed by atoms with Gasteiger partial charge in [0, 0.05) is 62.1 Å². The van der Waals surface area contributed by atoms with Crippen molar-refractivity contribution in [3.63, 3.8) is 0 Å². The number of nitrogens with one attached hydrogen (secondary N) is 2. The van der Waals surface area contributed by atoms with Crippen LogP contribution in [0.3, 0.4) is 0 Å². The van der Waals surface area contributed by atoms with Crippen LogP contribution in [0, 0.1) is 34.1 Å². The standard InChI is InChI=1S/2C17H31N4O2.H2O4S/c2*1-8-21(7,9-2)14(4)12-18-15-11-16(19(5)6)17(20(22)23)10-13(15)3;1-5(2,3)4/h2*10-11,14,18H,8-9,12H2,1-7H3;(H2,1,2,3,4)/q2*+1;/p-2. The van der Waals surface area contributed by atoms with Crippen LogP contribution in [0.1, 0.15) is 52.7 Å². The van der Waals surface area contributed by atoms with E-state index >= 15 is 0 Å². The van der Waals surface area contributed by atoms with Crippen molar-refractivity contribution < 1.29 is 36.3 Å². The number of nitrogens with zero attached hydrogens (tertiary/aromatic N) is 6. The maximum absolute atomic E-state index is 11.2. The Morgan fingerprint density at radius 1 is 0.667 bits per heavy atom. The van der Waals surface area contributed by atoms with Crippen molar-refractivity contribution in [1.82, 2.24) is 0 Å². The van der Waals surface area contributed by atoms with Crippen LogP contribution in [0.2, 0.25) is 0 Å². The van der Waals surface area contributed by atoms with Crippen molar-refractivity contribution in [3.05, 3.63) is 55.6 Å². The summed E-state index contributed by atoms with van der Waals surface area (Å²) in [5.74, 6) is 0. The summed E-state index contributed by atoms with van der Waals surface area (Å²) in [6.45, 7) is 23.2. The fourth-order valence-electron chi connectivity index (χ4n) is 5.40. The molecule has 0 saturated carbocycles. The van der Waals surface area contributed by atoms with Gasteiger partial charge in [0.25, 0.3) is 11.4 Å². The van der Waals surface area contributed by atoms with E-state index in [1.165, 1.54) is 0 Å². The first kappa shape index (κ1) is 47.2. The molecule has 2 N–H and O–H groups in total. The smallest absolute Gasteiger partial charge is 0.292 e. The molecule has 0 aliphatic rings. The van der Waals surface area contributed by atoms with Gasteiger partial charge in [-0.05, 0) is 78.6 Å². The highest BCUT2D eigenvalue weighted by Crippen LogP contribution is 2.34. The summed E-state index contributed by atoms with van der Waals surface area (Å²) in [6.07, 6.45) is 0. The van der Waals surface area contributed by atoms with Crippen molar-refractivity contribution in [2.45, 2.75) is 67.5 Å². The largest absolute Gasteiger partial charge is 0.759 e. The number of benzene rings is 2. The summed E-state index contributed by atoms with van der Waals surface area (Å²) in [5, 5.41) is 29.4. The Bertz CT molecular complexity index is 1440. The van der Waals surface area contributed by atoms with Crippen molar-refractivity contribution in [2.75, 3.05) is 102 Å². The number of likely N-dealkylation sites (N-methyl/N-ethyl adjacent to an activating group) is 2. The van der Waals surface area contributed by atoms with E-state index in [2.05, 4.69) is 66.3 Å². The Kier molecular flexibility index (Phi) is 18.8. The van der Waals surface area contributed by atoms with Gasteiger partial charge in [-0.3, -0.25) is 28.6 Å². The molecule has 2 atom stereocenters. The molecule has 0 heterocycles. The molecular formula is C34H62N8O8S. The van der Waals surface area contributed by atoms with Crippen molar-refractivity contribution in [2.24, 2.45) is 0 Å². The second-order valence-electron chi connectivity index (χ2n) is 13.7. The SMILES string of the molecule is CC[N+](C)(CC)C(C)CNc1cc(N(C)C)c([N+](=O)[O-])cc1C.CC[N+](C)(CC)C(C)CNc1cc(N(C)C)c([N+](=O)[O-])cc1C.O=S(=O)([O-])[O-]. The van der Waals surface area contributed by atoms with E-state index in [-0.39, 0.29) is 21.2 Å². The summed E-state index contributed by atoms with van der Waals surface area (Å²) in [5.41, 5.74) is 5.27. The molecule has 16 nitrogen and oxygen atoms in total. The second-order valence-corrected chi connectivity index (χ2v) is 14.5. The van der Waals surface area contributed by atoms with E-state index in [1.807, 2.05) is 54.2 Å². The molecular weight excluding hydrogens is 680 g/mol. The Hall–Kier alpha value is -3.77. The van der Waals surface area contributed by atoms with E-state index in [4.69, 9.17) is 17.5 Å². The van der Waals surface area contributed by atoms with Gasteiger partial charge in [0.15, 0.2) is 0 Å². The fourth-order valence-corrected chi connectivity index (χ4v) is 5.40.